The molecule has 4 rings (SSSR count). The van der Waals surface area contributed by atoms with E-state index in [1.54, 1.807) is 4.90 Å². The maximum absolute atomic E-state index is 13.0. The molecule has 31 heavy (non-hydrogen) atoms. The molecule has 0 aliphatic carbocycles. The van der Waals surface area contributed by atoms with Crippen molar-refractivity contribution in [3.8, 4) is 11.3 Å². The highest BCUT2D eigenvalue weighted by molar-refractivity contribution is 5.84. The second-order valence-corrected chi connectivity index (χ2v) is 7.94. The van der Waals surface area contributed by atoms with Crippen LogP contribution in [0.1, 0.15) is 25.1 Å². The maximum atomic E-state index is 13.0. The molecule has 2 N–H and O–H groups in total. The Bertz CT molecular complexity index is 1180. The van der Waals surface area contributed by atoms with Crippen molar-refractivity contribution in [3.63, 3.8) is 0 Å². The standard InChI is InChI=1S/C22H25N5O4/c1-13(2)19(21(29)31-3)24-22(30)26-10-9-15-17(12-26)23-18-11-16(25-27(18)20(15)28)14-7-5-4-6-8-14/h4-8,11,13,19,25H,9-10,12H2,1-3H3,(H,24,30)/t19-/m0/s1. The van der Waals surface area contributed by atoms with Gasteiger partial charge in [-0.1, -0.05) is 44.2 Å². The fourth-order valence-corrected chi connectivity index (χ4v) is 3.78. The van der Waals surface area contributed by atoms with E-state index in [1.165, 1.54) is 11.6 Å². The quantitative estimate of drug-likeness (QED) is 0.624. The topological polar surface area (TPSA) is 109 Å². The molecule has 0 saturated carbocycles. The Labute approximate surface area is 179 Å². The maximum Gasteiger partial charge on any atom is 0.328 e. The number of H-pyrrole nitrogens is 1. The van der Waals surface area contributed by atoms with Gasteiger partial charge in [-0.2, -0.15) is 0 Å². The molecule has 0 spiro atoms. The second kappa shape index (κ2) is 8.25. The minimum Gasteiger partial charge on any atom is -0.467 e. The van der Waals surface area contributed by atoms with Crippen molar-refractivity contribution in [2.45, 2.75) is 32.9 Å². The molecule has 0 radical (unpaired) electrons. The van der Waals surface area contributed by atoms with Gasteiger partial charge in [0.05, 0.1) is 25.0 Å². The van der Waals surface area contributed by atoms with Gasteiger partial charge in [0.25, 0.3) is 5.56 Å². The lowest BCUT2D eigenvalue weighted by molar-refractivity contribution is -0.144. The van der Waals surface area contributed by atoms with Gasteiger partial charge < -0.3 is 15.0 Å². The number of fused-ring (bicyclic) bond motifs is 2. The summed E-state index contributed by atoms with van der Waals surface area (Å²) in [5.41, 5.74) is 3.26. The molecule has 1 aromatic carbocycles. The Morgan fingerprint density at radius 1 is 1.23 bits per heavy atom. The summed E-state index contributed by atoms with van der Waals surface area (Å²) in [5, 5.41) is 5.86. The van der Waals surface area contributed by atoms with Crippen molar-refractivity contribution < 1.29 is 14.3 Å². The highest BCUT2D eigenvalue weighted by Crippen LogP contribution is 2.20. The van der Waals surface area contributed by atoms with Crippen LogP contribution in [0.2, 0.25) is 0 Å². The van der Waals surface area contributed by atoms with Crippen LogP contribution >= 0.6 is 0 Å². The Hall–Kier alpha value is -3.62. The molecule has 0 unspecified atom stereocenters. The lowest BCUT2D eigenvalue weighted by atomic mass is 10.0. The van der Waals surface area contributed by atoms with Crippen molar-refractivity contribution >= 4 is 17.6 Å². The summed E-state index contributed by atoms with van der Waals surface area (Å²) < 4.78 is 6.24. The Morgan fingerprint density at radius 2 is 1.97 bits per heavy atom. The molecule has 2 aromatic heterocycles. The van der Waals surface area contributed by atoms with Crippen LogP contribution in [-0.2, 0) is 22.5 Å². The number of carbonyl (C=O) groups excluding carboxylic acids is 2. The first-order valence-corrected chi connectivity index (χ1v) is 10.2. The van der Waals surface area contributed by atoms with Crippen LogP contribution in [0.5, 0.6) is 0 Å². The van der Waals surface area contributed by atoms with E-state index in [9.17, 15) is 14.4 Å². The number of benzene rings is 1. The lowest BCUT2D eigenvalue weighted by Crippen LogP contribution is -2.52. The average molecular weight is 423 g/mol. The van der Waals surface area contributed by atoms with Gasteiger partial charge in [-0.05, 0) is 17.9 Å². The molecule has 1 atom stereocenters. The summed E-state index contributed by atoms with van der Waals surface area (Å²) in [7, 11) is 1.30. The molecule has 0 saturated heterocycles. The third-order valence-electron chi connectivity index (χ3n) is 5.54. The monoisotopic (exact) mass is 423 g/mol. The number of aromatic amines is 1. The van der Waals surface area contributed by atoms with E-state index in [0.29, 0.717) is 29.9 Å². The summed E-state index contributed by atoms with van der Waals surface area (Å²) in [4.78, 5) is 43.9. The minimum absolute atomic E-state index is 0.118. The number of rotatable bonds is 4. The molecule has 9 heteroatoms. The van der Waals surface area contributed by atoms with E-state index >= 15 is 0 Å². The van der Waals surface area contributed by atoms with E-state index in [-0.39, 0.29) is 24.1 Å². The first-order valence-electron chi connectivity index (χ1n) is 10.2. The number of esters is 1. The Morgan fingerprint density at radius 3 is 2.65 bits per heavy atom. The zero-order valence-corrected chi connectivity index (χ0v) is 17.7. The van der Waals surface area contributed by atoms with Crippen LogP contribution in [0.4, 0.5) is 4.79 Å². The van der Waals surface area contributed by atoms with Gasteiger partial charge in [-0.15, -0.1) is 0 Å². The van der Waals surface area contributed by atoms with E-state index in [0.717, 1.165) is 11.3 Å². The van der Waals surface area contributed by atoms with E-state index < -0.39 is 12.0 Å². The predicted octanol–water partition coefficient (Wildman–Crippen LogP) is 1.95. The average Bonchev–Trinajstić information content (AvgIpc) is 3.21. The second-order valence-electron chi connectivity index (χ2n) is 7.94. The molecule has 9 nitrogen and oxygen atoms in total. The van der Waals surface area contributed by atoms with Crippen LogP contribution < -0.4 is 10.9 Å². The van der Waals surface area contributed by atoms with Gasteiger partial charge >= 0.3 is 12.0 Å². The number of hydrogen-bond acceptors (Lipinski definition) is 5. The van der Waals surface area contributed by atoms with Crippen LogP contribution in [0.15, 0.2) is 41.2 Å². The first-order chi connectivity index (χ1) is 14.9. The summed E-state index contributed by atoms with van der Waals surface area (Å²) in [6.07, 6.45) is 0.391. The number of amides is 2. The molecule has 0 fully saturated rings. The Kier molecular flexibility index (Phi) is 5.50. The molecular formula is C22H25N5O4. The number of carbonyl (C=O) groups is 2. The third kappa shape index (κ3) is 3.90. The molecule has 3 aromatic rings. The smallest absolute Gasteiger partial charge is 0.328 e. The third-order valence-corrected chi connectivity index (χ3v) is 5.54. The zero-order chi connectivity index (χ0) is 22.1. The predicted molar refractivity (Wildman–Crippen MR) is 115 cm³/mol. The van der Waals surface area contributed by atoms with E-state index in [1.807, 2.05) is 50.2 Å². The minimum atomic E-state index is -0.738. The highest BCUT2D eigenvalue weighted by Gasteiger charge is 2.30. The fourth-order valence-electron chi connectivity index (χ4n) is 3.78. The van der Waals surface area contributed by atoms with Crippen molar-refractivity contribution in [1.82, 2.24) is 24.8 Å². The van der Waals surface area contributed by atoms with Gasteiger partial charge in [-0.25, -0.2) is 19.1 Å². The number of ether oxygens (including phenoxy) is 1. The number of nitrogens with one attached hydrogen (secondary N) is 2. The van der Waals surface area contributed by atoms with Crippen LogP contribution in [0, 0.1) is 5.92 Å². The summed E-state index contributed by atoms with van der Waals surface area (Å²) in [6, 6.07) is 10.4. The number of hydrogen-bond donors (Lipinski definition) is 2. The van der Waals surface area contributed by atoms with Crippen molar-refractivity contribution in [2.75, 3.05) is 13.7 Å². The molecule has 0 bridgehead atoms. The van der Waals surface area contributed by atoms with E-state index in [4.69, 9.17) is 4.74 Å². The van der Waals surface area contributed by atoms with Crippen molar-refractivity contribution in [2.24, 2.45) is 5.92 Å². The van der Waals surface area contributed by atoms with Crippen LogP contribution in [0.25, 0.3) is 16.9 Å². The number of aromatic nitrogens is 3. The zero-order valence-electron chi connectivity index (χ0n) is 17.7. The molecular weight excluding hydrogens is 398 g/mol. The lowest BCUT2D eigenvalue weighted by Gasteiger charge is -2.30. The van der Waals surface area contributed by atoms with Gasteiger partial charge in [0, 0.05) is 18.2 Å². The van der Waals surface area contributed by atoms with Gasteiger partial charge in [0.2, 0.25) is 0 Å². The molecule has 1 aliphatic heterocycles. The fraction of sp³-hybridized carbons (Fsp3) is 0.364. The van der Waals surface area contributed by atoms with Crippen molar-refractivity contribution in [1.29, 1.82) is 0 Å². The normalized spacial score (nSPS) is 14.4. The van der Waals surface area contributed by atoms with E-state index in [2.05, 4.69) is 15.4 Å². The first kappa shape index (κ1) is 20.6. The van der Waals surface area contributed by atoms with Gasteiger partial charge in [0.15, 0.2) is 5.65 Å². The van der Waals surface area contributed by atoms with Crippen LogP contribution in [0.3, 0.4) is 0 Å². The number of nitrogens with zero attached hydrogens (tertiary/aromatic N) is 3. The molecule has 3 heterocycles. The van der Waals surface area contributed by atoms with Crippen molar-refractivity contribution in [3.05, 3.63) is 58.0 Å². The number of urea groups is 1. The summed E-state index contributed by atoms with van der Waals surface area (Å²) in [6.45, 7) is 4.23. The Balaban J connectivity index is 1.60. The molecule has 1 aliphatic rings. The van der Waals surface area contributed by atoms with Gasteiger partial charge in [0.1, 0.15) is 6.04 Å². The summed E-state index contributed by atoms with van der Waals surface area (Å²) in [5.74, 6) is -0.605. The highest BCUT2D eigenvalue weighted by atomic mass is 16.5. The summed E-state index contributed by atoms with van der Waals surface area (Å²) >= 11 is 0. The SMILES string of the molecule is COC(=O)[C@@H](NC(=O)N1CCc2c(nc3cc(-c4ccccc4)[nH]n3c2=O)C1)C(C)C. The van der Waals surface area contributed by atoms with Gasteiger partial charge in [-0.3, -0.25) is 9.89 Å². The number of methoxy groups -OCH3 is 1. The largest absolute Gasteiger partial charge is 0.467 e. The van der Waals surface area contributed by atoms with Crippen LogP contribution in [-0.4, -0.2) is 51.2 Å². The molecule has 162 valence electrons. The molecule has 2 amide bonds.